The average Bonchev–Trinajstić information content (AvgIpc) is 3.01. The minimum Gasteiger partial charge on any atom is -0.391 e. The molecule has 2 amide bonds. The Morgan fingerprint density at radius 3 is 2.60 bits per heavy atom. The normalized spacial score (nSPS) is 13.4. The Balaban J connectivity index is 1.94. The molecule has 0 bridgehead atoms. The molecule has 0 fully saturated rings. The first kappa shape index (κ1) is 18.6. The summed E-state index contributed by atoms with van der Waals surface area (Å²) in [6.45, 7) is 2.54. The van der Waals surface area contributed by atoms with Gasteiger partial charge in [0.15, 0.2) is 11.5 Å². The fourth-order valence-corrected chi connectivity index (χ4v) is 2.36. The molecule has 1 aromatic heterocycles. The van der Waals surface area contributed by atoms with Crippen LogP contribution in [0.2, 0.25) is 0 Å². The summed E-state index contributed by atoms with van der Waals surface area (Å²) in [4.78, 5) is 25.3. The summed E-state index contributed by atoms with van der Waals surface area (Å²) >= 11 is 0. The Labute approximate surface area is 145 Å². The molecule has 0 saturated heterocycles. The number of primary amides is 1. The number of amides is 2. The fourth-order valence-electron chi connectivity index (χ4n) is 2.36. The Morgan fingerprint density at radius 2 is 2.00 bits per heavy atom. The van der Waals surface area contributed by atoms with Gasteiger partial charge in [0.25, 0.3) is 5.91 Å². The van der Waals surface area contributed by atoms with Crippen LogP contribution in [-0.4, -0.2) is 46.2 Å². The summed E-state index contributed by atoms with van der Waals surface area (Å²) in [5.74, 6) is -0.948. The minimum atomic E-state index is -1.19. The predicted octanol–water partition coefficient (Wildman–Crippen LogP) is 0.271. The van der Waals surface area contributed by atoms with E-state index in [1.807, 2.05) is 42.3 Å². The molecule has 0 aliphatic carbocycles. The van der Waals surface area contributed by atoms with Gasteiger partial charge < -0.3 is 20.7 Å². The van der Waals surface area contributed by atoms with Gasteiger partial charge in [0.2, 0.25) is 5.91 Å². The number of carbonyl (C=O) groups excluding carboxylic acids is 2. The zero-order valence-corrected chi connectivity index (χ0v) is 14.2. The van der Waals surface area contributed by atoms with E-state index in [0.717, 1.165) is 12.1 Å². The highest BCUT2D eigenvalue weighted by atomic mass is 16.5. The first-order valence-electron chi connectivity index (χ1n) is 7.83. The Morgan fingerprint density at radius 1 is 1.32 bits per heavy atom. The van der Waals surface area contributed by atoms with Gasteiger partial charge in [0.1, 0.15) is 6.04 Å². The van der Waals surface area contributed by atoms with Crippen molar-refractivity contribution in [3.63, 3.8) is 0 Å². The number of nitrogens with zero attached hydrogens (tertiary/aromatic N) is 2. The standard InChI is InChI=1S/C17H22N4O4/c1-11(22)15(16(18)23)19-17(24)14-8-13(25-20-14)10-21(2)9-12-6-4-3-5-7-12/h3-8,11,15,22H,9-10H2,1-2H3,(H2,18,23)(H,19,24)/t11-,15+/m1/s1. The smallest absolute Gasteiger partial charge is 0.274 e. The average molecular weight is 346 g/mol. The third-order valence-corrected chi connectivity index (χ3v) is 3.59. The van der Waals surface area contributed by atoms with E-state index in [1.165, 1.54) is 13.0 Å². The van der Waals surface area contributed by atoms with Gasteiger partial charge in [-0.25, -0.2) is 0 Å². The molecule has 8 heteroatoms. The number of nitrogens with one attached hydrogen (secondary N) is 1. The van der Waals surface area contributed by atoms with Crippen molar-refractivity contribution in [3.8, 4) is 0 Å². The molecular weight excluding hydrogens is 324 g/mol. The van der Waals surface area contributed by atoms with Crippen LogP contribution >= 0.6 is 0 Å². The maximum absolute atomic E-state index is 12.1. The first-order chi connectivity index (χ1) is 11.9. The summed E-state index contributed by atoms with van der Waals surface area (Å²) in [7, 11) is 1.92. The number of hydrogen-bond acceptors (Lipinski definition) is 6. The highest BCUT2D eigenvalue weighted by molar-refractivity contribution is 5.95. The second kappa shape index (κ2) is 8.41. The van der Waals surface area contributed by atoms with Crippen molar-refractivity contribution in [1.29, 1.82) is 0 Å². The van der Waals surface area contributed by atoms with Crippen LogP contribution in [0.1, 0.15) is 28.7 Å². The van der Waals surface area contributed by atoms with Gasteiger partial charge in [-0.2, -0.15) is 0 Å². The molecule has 0 spiro atoms. The molecule has 0 aliphatic rings. The number of hydrogen-bond donors (Lipinski definition) is 3. The number of aliphatic hydroxyl groups is 1. The third-order valence-electron chi connectivity index (χ3n) is 3.59. The van der Waals surface area contributed by atoms with Gasteiger partial charge >= 0.3 is 0 Å². The van der Waals surface area contributed by atoms with Gasteiger partial charge in [-0.15, -0.1) is 0 Å². The molecule has 0 unspecified atom stereocenters. The number of nitrogens with two attached hydrogens (primary N) is 1. The van der Waals surface area contributed by atoms with Crippen molar-refractivity contribution < 1.29 is 19.2 Å². The second-order valence-corrected chi connectivity index (χ2v) is 5.93. The second-order valence-electron chi connectivity index (χ2n) is 5.93. The Hall–Kier alpha value is -2.71. The zero-order valence-electron chi connectivity index (χ0n) is 14.2. The number of carbonyl (C=O) groups is 2. The van der Waals surface area contributed by atoms with Crippen molar-refractivity contribution in [2.75, 3.05) is 7.05 Å². The van der Waals surface area contributed by atoms with Crippen LogP contribution in [-0.2, 0) is 17.9 Å². The molecule has 2 aromatic rings. The molecular formula is C17H22N4O4. The van der Waals surface area contributed by atoms with Crippen LogP contribution in [0.4, 0.5) is 0 Å². The van der Waals surface area contributed by atoms with Crippen molar-refractivity contribution >= 4 is 11.8 Å². The monoisotopic (exact) mass is 346 g/mol. The summed E-state index contributed by atoms with van der Waals surface area (Å²) in [5.41, 5.74) is 6.32. The summed E-state index contributed by atoms with van der Waals surface area (Å²) in [5, 5.41) is 15.5. The van der Waals surface area contributed by atoms with Crippen LogP contribution in [0.3, 0.4) is 0 Å². The molecule has 134 valence electrons. The van der Waals surface area contributed by atoms with Gasteiger partial charge in [-0.1, -0.05) is 35.5 Å². The SMILES string of the molecule is C[C@@H](O)[C@H](NC(=O)c1cc(CN(C)Cc2ccccc2)on1)C(N)=O. The van der Waals surface area contributed by atoms with Crippen LogP contribution < -0.4 is 11.1 Å². The van der Waals surface area contributed by atoms with Crippen LogP contribution in [0.15, 0.2) is 40.9 Å². The van der Waals surface area contributed by atoms with Gasteiger partial charge in [0.05, 0.1) is 12.6 Å². The maximum atomic E-state index is 12.1. The van der Waals surface area contributed by atoms with E-state index in [0.29, 0.717) is 12.3 Å². The van der Waals surface area contributed by atoms with Gasteiger partial charge in [0, 0.05) is 12.6 Å². The zero-order chi connectivity index (χ0) is 18.4. The number of aliphatic hydroxyl groups excluding tert-OH is 1. The van der Waals surface area contributed by atoms with Crippen molar-refractivity contribution in [2.24, 2.45) is 5.73 Å². The summed E-state index contributed by atoms with van der Waals surface area (Å²) in [6, 6.07) is 10.3. The van der Waals surface area contributed by atoms with E-state index < -0.39 is 24.0 Å². The molecule has 0 saturated carbocycles. The minimum absolute atomic E-state index is 0.0232. The summed E-state index contributed by atoms with van der Waals surface area (Å²) < 4.78 is 5.17. The quantitative estimate of drug-likeness (QED) is 0.631. The van der Waals surface area contributed by atoms with Crippen LogP contribution in [0, 0.1) is 0 Å². The molecule has 4 N–H and O–H groups in total. The number of rotatable bonds is 8. The van der Waals surface area contributed by atoms with E-state index in [4.69, 9.17) is 10.3 Å². The topological polar surface area (TPSA) is 122 Å². The summed E-state index contributed by atoms with van der Waals surface area (Å²) in [6.07, 6.45) is -1.11. The predicted molar refractivity (Wildman–Crippen MR) is 90.2 cm³/mol. The largest absolute Gasteiger partial charge is 0.391 e. The lowest BCUT2D eigenvalue weighted by Gasteiger charge is -2.16. The molecule has 25 heavy (non-hydrogen) atoms. The van der Waals surface area contributed by atoms with E-state index in [2.05, 4.69) is 10.5 Å². The molecule has 2 rings (SSSR count). The molecule has 1 heterocycles. The first-order valence-corrected chi connectivity index (χ1v) is 7.83. The lowest BCUT2D eigenvalue weighted by molar-refractivity contribution is -0.122. The Bertz CT molecular complexity index is 714. The van der Waals surface area contributed by atoms with E-state index in [9.17, 15) is 14.7 Å². The molecule has 0 radical (unpaired) electrons. The van der Waals surface area contributed by atoms with E-state index in [1.54, 1.807) is 0 Å². The van der Waals surface area contributed by atoms with Crippen molar-refractivity contribution in [3.05, 3.63) is 53.4 Å². The van der Waals surface area contributed by atoms with E-state index in [-0.39, 0.29) is 5.69 Å². The molecule has 1 aromatic carbocycles. The maximum Gasteiger partial charge on any atom is 0.274 e. The van der Waals surface area contributed by atoms with Gasteiger partial charge in [-0.05, 0) is 19.5 Å². The molecule has 0 aliphatic heterocycles. The molecule has 8 nitrogen and oxygen atoms in total. The van der Waals surface area contributed by atoms with Crippen molar-refractivity contribution in [1.82, 2.24) is 15.4 Å². The number of benzene rings is 1. The van der Waals surface area contributed by atoms with Crippen LogP contribution in [0.25, 0.3) is 0 Å². The highest BCUT2D eigenvalue weighted by Crippen LogP contribution is 2.10. The third kappa shape index (κ3) is 5.40. The lowest BCUT2D eigenvalue weighted by Crippen LogP contribution is -2.50. The number of aromatic nitrogens is 1. The fraction of sp³-hybridized carbons (Fsp3) is 0.353. The lowest BCUT2D eigenvalue weighted by atomic mass is 10.1. The van der Waals surface area contributed by atoms with Gasteiger partial charge in [-0.3, -0.25) is 14.5 Å². The Kier molecular flexibility index (Phi) is 6.26. The highest BCUT2D eigenvalue weighted by Gasteiger charge is 2.25. The van der Waals surface area contributed by atoms with Crippen LogP contribution in [0.5, 0.6) is 0 Å². The van der Waals surface area contributed by atoms with E-state index >= 15 is 0 Å². The molecule has 2 atom stereocenters. The van der Waals surface area contributed by atoms with Crippen molar-refractivity contribution in [2.45, 2.75) is 32.2 Å².